The van der Waals surface area contributed by atoms with Crippen LogP contribution >= 0.6 is 0 Å². The standard InChI is InChI=1S/C16H19N3O4/c1-2-23-15(20)16(7-3-4-8-16)11-18-13-5-6-14(19(21)22)12(9-13)10-17/h5-6,9,18H,2-4,7-8,11H2,1H3. The third kappa shape index (κ3) is 3.59. The van der Waals surface area contributed by atoms with Crippen LogP contribution in [0.3, 0.4) is 0 Å². The number of rotatable bonds is 6. The van der Waals surface area contributed by atoms with Crippen LogP contribution in [-0.2, 0) is 9.53 Å². The Morgan fingerprint density at radius 2 is 2.17 bits per heavy atom. The van der Waals surface area contributed by atoms with Gasteiger partial charge in [0.25, 0.3) is 5.69 Å². The van der Waals surface area contributed by atoms with Crippen molar-refractivity contribution in [1.29, 1.82) is 5.26 Å². The van der Waals surface area contributed by atoms with E-state index in [1.807, 2.05) is 6.07 Å². The maximum absolute atomic E-state index is 12.3. The zero-order valence-electron chi connectivity index (χ0n) is 13.0. The monoisotopic (exact) mass is 317 g/mol. The number of benzene rings is 1. The van der Waals surface area contributed by atoms with Crippen LogP contribution in [0.5, 0.6) is 0 Å². The minimum atomic E-state index is -0.584. The summed E-state index contributed by atoms with van der Waals surface area (Å²) in [7, 11) is 0. The first-order chi connectivity index (χ1) is 11.0. The Morgan fingerprint density at radius 1 is 1.48 bits per heavy atom. The number of hydrogen-bond donors (Lipinski definition) is 1. The first-order valence-electron chi connectivity index (χ1n) is 7.62. The molecule has 0 aromatic heterocycles. The zero-order valence-corrected chi connectivity index (χ0v) is 13.0. The van der Waals surface area contributed by atoms with Gasteiger partial charge < -0.3 is 10.1 Å². The lowest BCUT2D eigenvalue weighted by Crippen LogP contribution is -2.37. The number of hydrogen-bond acceptors (Lipinski definition) is 6. The highest BCUT2D eigenvalue weighted by Gasteiger charge is 2.42. The van der Waals surface area contributed by atoms with Gasteiger partial charge in [0.2, 0.25) is 0 Å². The molecule has 0 radical (unpaired) electrons. The molecule has 7 heteroatoms. The fraction of sp³-hybridized carbons (Fsp3) is 0.500. The first-order valence-corrected chi connectivity index (χ1v) is 7.62. The largest absolute Gasteiger partial charge is 0.466 e. The Hall–Kier alpha value is -2.62. The maximum Gasteiger partial charge on any atom is 0.313 e. The van der Waals surface area contributed by atoms with E-state index in [0.717, 1.165) is 25.7 Å². The normalized spacial score (nSPS) is 15.7. The fourth-order valence-corrected chi connectivity index (χ4v) is 2.96. The van der Waals surface area contributed by atoms with Crippen molar-refractivity contribution in [2.24, 2.45) is 5.41 Å². The lowest BCUT2D eigenvalue weighted by Gasteiger charge is -2.27. The number of carbonyl (C=O) groups is 1. The average Bonchev–Trinajstić information content (AvgIpc) is 3.03. The summed E-state index contributed by atoms with van der Waals surface area (Å²) in [6, 6.07) is 6.11. The molecule has 23 heavy (non-hydrogen) atoms. The van der Waals surface area contributed by atoms with Gasteiger partial charge in [0.15, 0.2) is 0 Å². The minimum absolute atomic E-state index is 0.00314. The number of nitrogens with one attached hydrogen (secondary N) is 1. The number of nitrogens with zero attached hydrogens (tertiary/aromatic N) is 2. The Bertz CT molecular complexity index is 645. The third-order valence-electron chi connectivity index (χ3n) is 4.21. The summed E-state index contributed by atoms with van der Waals surface area (Å²) in [6.45, 7) is 2.52. The van der Waals surface area contributed by atoms with Crippen LogP contribution in [0.25, 0.3) is 0 Å². The van der Waals surface area contributed by atoms with E-state index >= 15 is 0 Å². The van der Waals surface area contributed by atoms with Crippen LogP contribution in [0.4, 0.5) is 11.4 Å². The molecule has 0 saturated heterocycles. The van der Waals surface area contributed by atoms with E-state index in [1.165, 1.54) is 12.1 Å². The van der Waals surface area contributed by atoms with Crippen molar-refractivity contribution in [3.63, 3.8) is 0 Å². The molecular weight excluding hydrogens is 298 g/mol. The molecule has 0 heterocycles. The van der Waals surface area contributed by atoms with E-state index < -0.39 is 10.3 Å². The van der Waals surface area contributed by atoms with Crippen molar-refractivity contribution in [3.8, 4) is 6.07 Å². The summed E-state index contributed by atoms with van der Waals surface area (Å²) in [5.41, 5.74) is -0.191. The molecule has 2 rings (SSSR count). The summed E-state index contributed by atoms with van der Waals surface area (Å²) >= 11 is 0. The van der Waals surface area contributed by atoms with E-state index in [0.29, 0.717) is 18.8 Å². The van der Waals surface area contributed by atoms with Crippen LogP contribution in [0, 0.1) is 26.9 Å². The minimum Gasteiger partial charge on any atom is -0.466 e. The van der Waals surface area contributed by atoms with Gasteiger partial charge in [-0.3, -0.25) is 14.9 Å². The molecule has 1 fully saturated rings. The van der Waals surface area contributed by atoms with Crippen molar-refractivity contribution in [2.75, 3.05) is 18.5 Å². The predicted octanol–water partition coefficient (Wildman–Crippen LogP) is 3.00. The molecule has 0 aliphatic heterocycles. The number of carbonyl (C=O) groups excluding carboxylic acids is 1. The smallest absolute Gasteiger partial charge is 0.313 e. The van der Waals surface area contributed by atoms with E-state index in [1.54, 1.807) is 13.0 Å². The number of ether oxygens (including phenoxy) is 1. The average molecular weight is 317 g/mol. The second kappa shape index (κ2) is 7.09. The summed E-state index contributed by atoms with van der Waals surface area (Å²) in [4.78, 5) is 22.5. The van der Waals surface area contributed by atoms with Crippen LogP contribution in [0.2, 0.25) is 0 Å². The molecule has 0 spiro atoms. The molecule has 1 saturated carbocycles. The highest BCUT2D eigenvalue weighted by Crippen LogP contribution is 2.39. The Labute approximate surface area is 134 Å². The van der Waals surface area contributed by atoms with Crippen LogP contribution < -0.4 is 5.32 Å². The van der Waals surface area contributed by atoms with Gasteiger partial charge in [-0.15, -0.1) is 0 Å². The number of anilines is 1. The molecule has 1 aliphatic rings. The second-order valence-corrected chi connectivity index (χ2v) is 5.66. The quantitative estimate of drug-likeness (QED) is 0.491. The summed E-state index contributed by atoms with van der Waals surface area (Å²) in [5.74, 6) is -0.201. The van der Waals surface area contributed by atoms with Crippen LogP contribution in [0.1, 0.15) is 38.2 Å². The molecule has 1 N–H and O–H groups in total. The van der Waals surface area contributed by atoms with Gasteiger partial charge in [-0.2, -0.15) is 5.26 Å². The fourth-order valence-electron chi connectivity index (χ4n) is 2.96. The Balaban J connectivity index is 2.14. The van der Waals surface area contributed by atoms with E-state index in [-0.39, 0.29) is 17.2 Å². The third-order valence-corrected chi connectivity index (χ3v) is 4.21. The predicted molar refractivity (Wildman–Crippen MR) is 83.8 cm³/mol. The van der Waals surface area contributed by atoms with Crippen molar-refractivity contribution in [2.45, 2.75) is 32.6 Å². The molecule has 0 bridgehead atoms. The lowest BCUT2D eigenvalue weighted by molar-refractivity contribution is -0.385. The lowest BCUT2D eigenvalue weighted by atomic mass is 9.86. The highest BCUT2D eigenvalue weighted by atomic mass is 16.6. The molecule has 1 aromatic carbocycles. The molecule has 1 aliphatic carbocycles. The summed E-state index contributed by atoms with van der Waals surface area (Å²) in [6.07, 6.45) is 3.47. The number of nitriles is 1. The van der Waals surface area contributed by atoms with Crippen molar-refractivity contribution >= 4 is 17.3 Å². The Morgan fingerprint density at radius 3 is 2.74 bits per heavy atom. The number of nitro groups is 1. The molecule has 122 valence electrons. The van der Waals surface area contributed by atoms with Crippen molar-refractivity contribution in [3.05, 3.63) is 33.9 Å². The molecule has 1 aromatic rings. The molecule has 0 unspecified atom stereocenters. The number of nitro benzene ring substituents is 1. The first kappa shape index (κ1) is 16.7. The van der Waals surface area contributed by atoms with E-state index in [2.05, 4.69) is 5.32 Å². The van der Waals surface area contributed by atoms with Crippen LogP contribution in [0.15, 0.2) is 18.2 Å². The van der Waals surface area contributed by atoms with E-state index in [4.69, 9.17) is 10.00 Å². The van der Waals surface area contributed by atoms with Crippen LogP contribution in [-0.4, -0.2) is 24.0 Å². The second-order valence-electron chi connectivity index (χ2n) is 5.66. The van der Waals surface area contributed by atoms with Crippen molar-refractivity contribution in [1.82, 2.24) is 0 Å². The van der Waals surface area contributed by atoms with Gasteiger partial charge in [0.05, 0.1) is 16.9 Å². The van der Waals surface area contributed by atoms with Gasteiger partial charge in [0, 0.05) is 18.3 Å². The zero-order chi connectivity index (χ0) is 16.9. The van der Waals surface area contributed by atoms with Gasteiger partial charge in [-0.05, 0) is 31.9 Å². The maximum atomic E-state index is 12.3. The highest BCUT2D eigenvalue weighted by molar-refractivity contribution is 5.78. The van der Waals surface area contributed by atoms with Gasteiger partial charge in [-0.1, -0.05) is 12.8 Å². The summed E-state index contributed by atoms with van der Waals surface area (Å²) in [5, 5.41) is 23.0. The van der Waals surface area contributed by atoms with Crippen molar-refractivity contribution < 1.29 is 14.5 Å². The van der Waals surface area contributed by atoms with Gasteiger partial charge in [-0.25, -0.2) is 0 Å². The van der Waals surface area contributed by atoms with Gasteiger partial charge in [0.1, 0.15) is 11.6 Å². The van der Waals surface area contributed by atoms with E-state index in [9.17, 15) is 14.9 Å². The Kier molecular flexibility index (Phi) is 5.16. The van der Waals surface area contributed by atoms with Gasteiger partial charge >= 0.3 is 5.97 Å². The molecule has 0 amide bonds. The molecular formula is C16H19N3O4. The number of esters is 1. The summed E-state index contributed by atoms with van der Waals surface area (Å²) < 4.78 is 5.19. The molecule has 0 atom stereocenters. The SMILES string of the molecule is CCOC(=O)C1(CNc2ccc([N+](=O)[O-])c(C#N)c2)CCCC1. The molecule has 7 nitrogen and oxygen atoms in total. The topological polar surface area (TPSA) is 105 Å².